The van der Waals surface area contributed by atoms with E-state index in [-0.39, 0.29) is 12.1 Å². The van der Waals surface area contributed by atoms with E-state index >= 15 is 0 Å². The highest BCUT2D eigenvalue weighted by Gasteiger charge is 2.35. The molecule has 32 heavy (non-hydrogen) atoms. The summed E-state index contributed by atoms with van der Waals surface area (Å²) >= 11 is 6.01. The number of hydrogen-bond acceptors (Lipinski definition) is 3. The zero-order valence-corrected chi connectivity index (χ0v) is 19.6. The van der Waals surface area contributed by atoms with Crippen LogP contribution in [0.15, 0.2) is 48.5 Å². The number of rotatable bonds is 7. The predicted molar refractivity (Wildman–Crippen MR) is 129 cm³/mol. The van der Waals surface area contributed by atoms with Gasteiger partial charge in [-0.1, -0.05) is 35.9 Å². The van der Waals surface area contributed by atoms with Crippen LogP contribution in [0.3, 0.4) is 0 Å². The third kappa shape index (κ3) is 6.17. The summed E-state index contributed by atoms with van der Waals surface area (Å²) in [6.07, 6.45) is 6.98. The number of urea groups is 1. The van der Waals surface area contributed by atoms with Crippen molar-refractivity contribution >= 4 is 17.6 Å². The number of benzene rings is 2. The van der Waals surface area contributed by atoms with Crippen molar-refractivity contribution in [1.29, 1.82) is 0 Å². The Kier molecular flexibility index (Phi) is 7.93. The van der Waals surface area contributed by atoms with Crippen molar-refractivity contribution < 1.29 is 9.53 Å². The van der Waals surface area contributed by atoms with E-state index in [0.717, 1.165) is 48.2 Å². The van der Waals surface area contributed by atoms with Crippen LogP contribution in [0.4, 0.5) is 4.79 Å². The molecule has 2 atom stereocenters. The number of hydrogen-bond donors (Lipinski definition) is 2. The van der Waals surface area contributed by atoms with Crippen LogP contribution in [0.5, 0.6) is 5.75 Å². The number of carbonyl (C=O) groups excluding carboxylic acids is 1. The Labute approximate surface area is 196 Å². The normalized spacial score (nSPS) is 21.9. The molecule has 2 N–H and O–H groups in total. The Balaban J connectivity index is 1.22. The Hall–Kier alpha value is -2.24. The SMILES string of the molecule is COc1ccc(CNC(=O)N[C@@H]2CCC[C@H]2N2CCC(Cc3ccc(Cl)cc3)CC2)cc1. The molecule has 1 saturated heterocycles. The lowest BCUT2D eigenvalue weighted by Crippen LogP contribution is -2.53. The van der Waals surface area contributed by atoms with Gasteiger partial charge in [-0.2, -0.15) is 0 Å². The minimum atomic E-state index is -0.0738. The second kappa shape index (κ2) is 11.1. The number of ether oxygens (including phenoxy) is 1. The topological polar surface area (TPSA) is 53.6 Å². The number of piperidine rings is 1. The first kappa shape index (κ1) is 22.9. The molecule has 0 aromatic heterocycles. The Morgan fingerprint density at radius 2 is 1.69 bits per heavy atom. The lowest BCUT2D eigenvalue weighted by molar-refractivity contribution is 0.118. The van der Waals surface area contributed by atoms with Gasteiger partial charge in [0.15, 0.2) is 0 Å². The Morgan fingerprint density at radius 3 is 2.38 bits per heavy atom. The first-order valence-electron chi connectivity index (χ1n) is 11.8. The molecule has 4 rings (SSSR count). The van der Waals surface area contributed by atoms with Crippen LogP contribution in [0.25, 0.3) is 0 Å². The second-order valence-corrected chi connectivity index (χ2v) is 9.53. The third-order valence-electron chi connectivity index (χ3n) is 6.96. The summed E-state index contributed by atoms with van der Waals surface area (Å²) < 4.78 is 5.18. The van der Waals surface area contributed by atoms with Gasteiger partial charge >= 0.3 is 6.03 Å². The van der Waals surface area contributed by atoms with Crippen molar-refractivity contribution in [3.63, 3.8) is 0 Å². The summed E-state index contributed by atoms with van der Waals surface area (Å²) in [5, 5.41) is 7.06. The minimum absolute atomic E-state index is 0.0738. The third-order valence-corrected chi connectivity index (χ3v) is 7.22. The number of nitrogens with one attached hydrogen (secondary N) is 2. The van der Waals surface area contributed by atoms with E-state index in [9.17, 15) is 4.79 Å². The van der Waals surface area contributed by atoms with E-state index in [1.54, 1.807) is 7.11 Å². The van der Waals surface area contributed by atoms with E-state index in [4.69, 9.17) is 16.3 Å². The van der Waals surface area contributed by atoms with Gasteiger partial charge in [-0.05, 0) is 92.9 Å². The summed E-state index contributed by atoms with van der Waals surface area (Å²) in [5.41, 5.74) is 2.44. The van der Waals surface area contributed by atoms with Crippen molar-refractivity contribution in [3.8, 4) is 5.75 Å². The van der Waals surface area contributed by atoms with Crippen LogP contribution in [0.1, 0.15) is 43.2 Å². The minimum Gasteiger partial charge on any atom is -0.497 e. The van der Waals surface area contributed by atoms with Gasteiger partial charge in [-0.15, -0.1) is 0 Å². The fourth-order valence-electron chi connectivity index (χ4n) is 5.13. The quantitative estimate of drug-likeness (QED) is 0.616. The zero-order chi connectivity index (χ0) is 22.3. The molecule has 1 aliphatic carbocycles. The smallest absolute Gasteiger partial charge is 0.315 e. The van der Waals surface area contributed by atoms with Gasteiger partial charge in [-0.3, -0.25) is 4.90 Å². The maximum absolute atomic E-state index is 12.5. The predicted octanol–water partition coefficient (Wildman–Crippen LogP) is 5.02. The van der Waals surface area contributed by atoms with Crippen LogP contribution in [-0.4, -0.2) is 43.2 Å². The highest BCUT2D eigenvalue weighted by Crippen LogP contribution is 2.30. The van der Waals surface area contributed by atoms with Crippen LogP contribution in [0, 0.1) is 5.92 Å². The van der Waals surface area contributed by atoms with Gasteiger partial charge in [0.1, 0.15) is 5.75 Å². The average molecular weight is 456 g/mol. The van der Waals surface area contributed by atoms with Crippen molar-refractivity contribution in [3.05, 3.63) is 64.7 Å². The van der Waals surface area contributed by atoms with E-state index in [1.807, 2.05) is 36.4 Å². The Morgan fingerprint density at radius 1 is 1.00 bits per heavy atom. The van der Waals surface area contributed by atoms with Crippen molar-refractivity contribution in [1.82, 2.24) is 15.5 Å². The van der Waals surface area contributed by atoms with E-state index in [2.05, 4.69) is 27.7 Å². The van der Waals surface area contributed by atoms with Crippen LogP contribution in [-0.2, 0) is 13.0 Å². The fourth-order valence-corrected chi connectivity index (χ4v) is 5.26. The summed E-state index contributed by atoms with van der Waals surface area (Å²) in [6.45, 7) is 2.76. The number of carbonyl (C=O) groups is 1. The van der Waals surface area contributed by atoms with Gasteiger partial charge in [0.25, 0.3) is 0 Å². The van der Waals surface area contributed by atoms with Crippen LogP contribution < -0.4 is 15.4 Å². The van der Waals surface area contributed by atoms with Gasteiger partial charge in [0, 0.05) is 23.7 Å². The molecule has 1 aliphatic heterocycles. The molecule has 0 unspecified atom stereocenters. The first-order chi connectivity index (χ1) is 15.6. The lowest BCUT2D eigenvalue weighted by Gasteiger charge is -2.38. The molecule has 2 aromatic rings. The first-order valence-corrected chi connectivity index (χ1v) is 12.1. The lowest BCUT2D eigenvalue weighted by atomic mass is 9.89. The van der Waals surface area contributed by atoms with Crippen molar-refractivity contribution in [2.75, 3.05) is 20.2 Å². The number of nitrogens with zero attached hydrogens (tertiary/aromatic N) is 1. The monoisotopic (exact) mass is 455 g/mol. The number of likely N-dealkylation sites (tertiary alicyclic amines) is 1. The maximum atomic E-state index is 12.5. The average Bonchev–Trinajstić information content (AvgIpc) is 3.28. The summed E-state index contributed by atoms with van der Waals surface area (Å²) in [7, 11) is 1.65. The molecule has 6 heteroatoms. The molecule has 2 amide bonds. The molecule has 2 aliphatic rings. The molecule has 0 radical (unpaired) electrons. The summed E-state index contributed by atoms with van der Waals surface area (Å²) in [4.78, 5) is 15.1. The Bertz CT molecular complexity index is 864. The second-order valence-electron chi connectivity index (χ2n) is 9.09. The maximum Gasteiger partial charge on any atom is 0.315 e. The van der Waals surface area contributed by atoms with Gasteiger partial charge < -0.3 is 15.4 Å². The number of halogens is 1. The molecule has 2 fully saturated rings. The van der Waals surface area contributed by atoms with Crippen LogP contribution >= 0.6 is 11.6 Å². The number of methoxy groups -OCH3 is 1. The van der Waals surface area contributed by atoms with E-state index in [1.165, 1.54) is 31.2 Å². The van der Waals surface area contributed by atoms with Crippen LogP contribution in [0.2, 0.25) is 5.02 Å². The highest BCUT2D eigenvalue weighted by molar-refractivity contribution is 6.30. The zero-order valence-electron chi connectivity index (χ0n) is 18.9. The molecular weight excluding hydrogens is 422 g/mol. The number of amides is 2. The summed E-state index contributed by atoms with van der Waals surface area (Å²) in [6, 6.07) is 16.7. The van der Waals surface area contributed by atoms with E-state index in [0.29, 0.717) is 12.6 Å². The molecular formula is C26H34ClN3O2. The molecule has 0 spiro atoms. The summed E-state index contributed by atoms with van der Waals surface area (Å²) in [5.74, 6) is 1.55. The highest BCUT2D eigenvalue weighted by atomic mass is 35.5. The molecule has 172 valence electrons. The fraction of sp³-hybridized carbons (Fsp3) is 0.500. The van der Waals surface area contributed by atoms with Crippen molar-refractivity contribution in [2.24, 2.45) is 5.92 Å². The largest absolute Gasteiger partial charge is 0.497 e. The van der Waals surface area contributed by atoms with E-state index < -0.39 is 0 Å². The standard InChI is InChI=1S/C26H34ClN3O2/c1-32-23-11-7-21(8-12-23)18-28-26(31)29-24-3-2-4-25(24)30-15-13-20(14-16-30)17-19-5-9-22(27)10-6-19/h5-12,20,24-25H,2-4,13-18H2,1H3,(H2,28,29,31)/t24-,25-/m1/s1. The molecule has 0 bridgehead atoms. The molecule has 1 saturated carbocycles. The van der Waals surface area contributed by atoms with Gasteiger partial charge in [0.05, 0.1) is 7.11 Å². The molecule has 1 heterocycles. The molecule has 5 nitrogen and oxygen atoms in total. The van der Waals surface area contributed by atoms with Crippen molar-refractivity contribution in [2.45, 2.75) is 57.2 Å². The van der Waals surface area contributed by atoms with Gasteiger partial charge in [0.2, 0.25) is 0 Å². The molecule has 2 aromatic carbocycles. The van der Waals surface area contributed by atoms with Gasteiger partial charge in [-0.25, -0.2) is 4.79 Å².